The molecule has 0 radical (unpaired) electrons. The molecule has 0 saturated carbocycles. The zero-order valence-corrected chi connectivity index (χ0v) is 7.12. The summed E-state index contributed by atoms with van der Waals surface area (Å²) in [5, 5.41) is 0. The van der Waals surface area contributed by atoms with Crippen molar-refractivity contribution in [1.29, 1.82) is 0 Å². The number of aliphatic imine (C=N–C) groups is 1. The second-order valence-corrected chi connectivity index (χ2v) is 2.95. The third-order valence-electron chi connectivity index (χ3n) is 2.07. The standard InChI is InChI=1S/C10H9NO2/c12-7-11-9-3-4-10-8(6-9)2-1-5-13-10/h3-4,6H,1-2,5H2. The smallest absolute Gasteiger partial charge is 0.240 e. The largest absolute Gasteiger partial charge is 0.493 e. The summed E-state index contributed by atoms with van der Waals surface area (Å²) in [7, 11) is 0. The second-order valence-electron chi connectivity index (χ2n) is 2.95. The lowest BCUT2D eigenvalue weighted by atomic mass is 10.1. The summed E-state index contributed by atoms with van der Waals surface area (Å²) < 4.78 is 5.42. The summed E-state index contributed by atoms with van der Waals surface area (Å²) in [5.74, 6) is 0.913. The lowest BCUT2D eigenvalue weighted by Crippen LogP contribution is -2.07. The summed E-state index contributed by atoms with van der Waals surface area (Å²) >= 11 is 0. The molecule has 3 nitrogen and oxygen atoms in total. The van der Waals surface area contributed by atoms with E-state index in [0.29, 0.717) is 5.69 Å². The minimum atomic E-state index is 0.652. The SMILES string of the molecule is O=C=Nc1ccc2c(c1)CCCO2. The number of fused-ring (bicyclic) bond motifs is 1. The zero-order chi connectivity index (χ0) is 9.10. The number of hydrogen-bond donors (Lipinski definition) is 0. The molecule has 0 atom stereocenters. The highest BCUT2D eigenvalue weighted by Crippen LogP contribution is 2.28. The Balaban J connectivity index is 2.40. The van der Waals surface area contributed by atoms with Crippen LogP contribution in [0.3, 0.4) is 0 Å². The Morgan fingerprint density at radius 2 is 2.38 bits per heavy atom. The molecule has 13 heavy (non-hydrogen) atoms. The topological polar surface area (TPSA) is 38.7 Å². The Kier molecular flexibility index (Phi) is 2.11. The van der Waals surface area contributed by atoms with Crippen molar-refractivity contribution in [3.63, 3.8) is 0 Å². The molecule has 0 saturated heterocycles. The van der Waals surface area contributed by atoms with Gasteiger partial charge in [-0.25, -0.2) is 4.79 Å². The quantitative estimate of drug-likeness (QED) is 0.483. The maximum Gasteiger partial charge on any atom is 0.240 e. The van der Waals surface area contributed by atoms with Crippen LogP contribution in [0.2, 0.25) is 0 Å². The minimum absolute atomic E-state index is 0.652. The van der Waals surface area contributed by atoms with Gasteiger partial charge in [0.05, 0.1) is 12.3 Å². The molecular weight excluding hydrogens is 166 g/mol. The lowest BCUT2D eigenvalue weighted by Gasteiger charge is -2.16. The van der Waals surface area contributed by atoms with Gasteiger partial charge < -0.3 is 4.74 Å². The van der Waals surface area contributed by atoms with Gasteiger partial charge in [0.15, 0.2) is 0 Å². The van der Waals surface area contributed by atoms with E-state index in [9.17, 15) is 4.79 Å². The van der Waals surface area contributed by atoms with E-state index in [4.69, 9.17) is 4.74 Å². The van der Waals surface area contributed by atoms with Gasteiger partial charge in [0.2, 0.25) is 6.08 Å². The molecule has 1 aliphatic heterocycles. The number of hydrogen-bond acceptors (Lipinski definition) is 3. The van der Waals surface area contributed by atoms with Gasteiger partial charge in [0.25, 0.3) is 0 Å². The monoisotopic (exact) mass is 175 g/mol. The van der Waals surface area contributed by atoms with E-state index in [1.165, 1.54) is 6.08 Å². The molecule has 0 unspecified atom stereocenters. The van der Waals surface area contributed by atoms with Gasteiger partial charge in [0.1, 0.15) is 5.75 Å². The van der Waals surface area contributed by atoms with Crippen molar-refractivity contribution < 1.29 is 9.53 Å². The molecule has 0 spiro atoms. The molecule has 0 aliphatic carbocycles. The van der Waals surface area contributed by atoms with E-state index in [1.54, 1.807) is 6.07 Å². The molecule has 0 amide bonds. The molecule has 1 aromatic rings. The van der Waals surface area contributed by atoms with Crippen LogP contribution in [-0.4, -0.2) is 12.7 Å². The van der Waals surface area contributed by atoms with E-state index in [-0.39, 0.29) is 0 Å². The van der Waals surface area contributed by atoms with Gasteiger partial charge in [-0.05, 0) is 36.6 Å². The average molecular weight is 175 g/mol. The van der Waals surface area contributed by atoms with Gasteiger partial charge in [-0.1, -0.05) is 0 Å². The second kappa shape index (κ2) is 3.42. The number of rotatable bonds is 1. The van der Waals surface area contributed by atoms with Crippen LogP contribution >= 0.6 is 0 Å². The van der Waals surface area contributed by atoms with Crippen molar-refractivity contribution in [2.45, 2.75) is 12.8 Å². The maximum atomic E-state index is 10.0. The number of benzene rings is 1. The Morgan fingerprint density at radius 1 is 1.46 bits per heavy atom. The Morgan fingerprint density at radius 3 is 3.23 bits per heavy atom. The molecule has 66 valence electrons. The maximum absolute atomic E-state index is 10.0. The van der Waals surface area contributed by atoms with Crippen LogP contribution in [0.4, 0.5) is 5.69 Å². The third kappa shape index (κ3) is 1.60. The highest BCUT2D eigenvalue weighted by atomic mass is 16.5. The Hall–Kier alpha value is -1.60. The molecule has 0 bridgehead atoms. The number of isocyanates is 1. The fraction of sp³-hybridized carbons (Fsp3) is 0.300. The highest BCUT2D eigenvalue weighted by Gasteiger charge is 2.09. The normalized spacial score (nSPS) is 13.8. The summed E-state index contributed by atoms with van der Waals surface area (Å²) in [4.78, 5) is 13.6. The molecule has 0 N–H and O–H groups in total. The zero-order valence-electron chi connectivity index (χ0n) is 7.12. The summed E-state index contributed by atoms with van der Waals surface area (Å²) in [5.41, 5.74) is 1.78. The van der Waals surface area contributed by atoms with Crippen LogP contribution in [0.1, 0.15) is 12.0 Å². The fourth-order valence-electron chi connectivity index (χ4n) is 1.47. The van der Waals surface area contributed by atoms with E-state index in [1.807, 2.05) is 12.1 Å². The van der Waals surface area contributed by atoms with E-state index in [0.717, 1.165) is 30.8 Å². The first kappa shape index (κ1) is 8.02. The molecule has 0 aromatic heterocycles. The van der Waals surface area contributed by atoms with E-state index >= 15 is 0 Å². The number of nitrogens with zero attached hydrogens (tertiary/aromatic N) is 1. The van der Waals surface area contributed by atoms with Crippen molar-refractivity contribution in [3.05, 3.63) is 23.8 Å². The predicted molar refractivity (Wildman–Crippen MR) is 48.0 cm³/mol. The molecule has 3 heteroatoms. The summed E-state index contributed by atoms with van der Waals surface area (Å²) in [6, 6.07) is 5.49. The van der Waals surface area contributed by atoms with E-state index in [2.05, 4.69) is 4.99 Å². The van der Waals surface area contributed by atoms with Crippen molar-refractivity contribution in [2.75, 3.05) is 6.61 Å². The van der Waals surface area contributed by atoms with Crippen LogP contribution in [-0.2, 0) is 11.2 Å². The van der Waals surface area contributed by atoms with Crippen LogP contribution < -0.4 is 4.74 Å². The van der Waals surface area contributed by atoms with Gasteiger partial charge >= 0.3 is 0 Å². The molecular formula is C10H9NO2. The van der Waals surface area contributed by atoms with Gasteiger partial charge in [-0.3, -0.25) is 0 Å². The molecule has 1 heterocycles. The molecule has 1 aliphatic rings. The Labute approximate surface area is 76.1 Å². The van der Waals surface area contributed by atoms with Crippen molar-refractivity contribution >= 4 is 11.8 Å². The first-order valence-electron chi connectivity index (χ1n) is 4.24. The van der Waals surface area contributed by atoms with Gasteiger partial charge in [-0.2, -0.15) is 4.99 Å². The number of ether oxygens (including phenoxy) is 1. The van der Waals surface area contributed by atoms with Crippen molar-refractivity contribution in [1.82, 2.24) is 0 Å². The average Bonchev–Trinajstić information content (AvgIpc) is 2.18. The summed E-state index contributed by atoms with van der Waals surface area (Å²) in [6.45, 7) is 0.781. The van der Waals surface area contributed by atoms with Gasteiger partial charge in [0, 0.05) is 0 Å². The van der Waals surface area contributed by atoms with Gasteiger partial charge in [-0.15, -0.1) is 0 Å². The predicted octanol–water partition coefficient (Wildman–Crippen LogP) is 1.98. The third-order valence-corrected chi connectivity index (χ3v) is 2.07. The summed E-state index contributed by atoms with van der Waals surface area (Å²) in [6.07, 6.45) is 3.55. The Bertz CT molecular complexity index is 367. The fourth-order valence-corrected chi connectivity index (χ4v) is 1.47. The first-order chi connectivity index (χ1) is 6.40. The van der Waals surface area contributed by atoms with Crippen LogP contribution in [0.15, 0.2) is 23.2 Å². The number of aryl methyl sites for hydroxylation is 1. The van der Waals surface area contributed by atoms with Crippen LogP contribution in [0, 0.1) is 0 Å². The molecule has 1 aromatic carbocycles. The van der Waals surface area contributed by atoms with Crippen LogP contribution in [0.5, 0.6) is 5.75 Å². The molecule has 0 fully saturated rings. The lowest BCUT2D eigenvalue weighted by molar-refractivity contribution is 0.288. The van der Waals surface area contributed by atoms with Crippen molar-refractivity contribution in [3.8, 4) is 5.75 Å². The molecule has 2 rings (SSSR count). The number of carbonyl (C=O) groups excluding carboxylic acids is 1. The van der Waals surface area contributed by atoms with E-state index < -0.39 is 0 Å². The highest BCUT2D eigenvalue weighted by molar-refractivity contribution is 5.53. The first-order valence-corrected chi connectivity index (χ1v) is 4.24. The minimum Gasteiger partial charge on any atom is -0.493 e. The van der Waals surface area contributed by atoms with Crippen LogP contribution in [0.25, 0.3) is 0 Å². The van der Waals surface area contributed by atoms with Crippen molar-refractivity contribution in [2.24, 2.45) is 4.99 Å².